The predicted molar refractivity (Wildman–Crippen MR) is 78.5 cm³/mol. The fourth-order valence-corrected chi connectivity index (χ4v) is 3.92. The van der Waals surface area contributed by atoms with Crippen molar-refractivity contribution in [3.8, 4) is 11.3 Å². The van der Waals surface area contributed by atoms with Crippen LogP contribution in [0.1, 0.15) is 0 Å². The van der Waals surface area contributed by atoms with E-state index in [1.807, 2.05) is 10.8 Å². The molecule has 18 heavy (non-hydrogen) atoms. The molecule has 3 heterocycles. The monoisotopic (exact) mass is 320 g/mol. The van der Waals surface area contributed by atoms with Crippen molar-refractivity contribution in [3.63, 3.8) is 0 Å². The number of ether oxygens (including phenoxy) is 1. The molecular weight excluding hydrogens is 311 g/mol. The third-order valence-corrected chi connectivity index (χ3v) is 5.46. The maximum atomic E-state index is 6.15. The number of thiophene rings is 1. The van der Waals surface area contributed by atoms with Crippen LogP contribution in [0.15, 0.2) is 10.8 Å². The van der Waals surface area contributed by atoms with Crippen LogP contribution >= 0.6 is 45.9 Å². The molecule has 2 aromatic heterocycles. The van der Waals surface area contributed by atoms with Gasteiger partial charge in [0.1, 0.15) is 4.34 Å². The minimum absolute atomic E-state index is 0.598. The molecular formula is C11H10Cl2N2OS2. The number of nitrogens with zero attached hydrogens (tertiary/aromatic N) is 2. The Kier molecular flexibility index (Phi) is 3.77. The molecule has 3 rings (SSSR count). The van der Waals surface area contributed by atoms with Gasteiger partial charge in [-0.05, 0) is 0 Å². The molecule has 2 aromatic rings. The Morgan fingerprint density at radius 1 is 1.17 bits per heavy atom. The third kappa shape index (κ3) is 2.38. The number of halogens is 2. The van der Waals surface area contributed by atoms with E-state index < -0.39 is 0 Å². The van der Waals surface area contributed by atoms with E-state index in [9.17, 15) is 0 Å². The van der Waals surface area contributed by atoms with Gasteiger partial charge in [-0.2, -0.15) is 0 Å². The molecule has 0 radical (unpaired) electrons. The van der Waals surface area contributed by atoms with Crippen LogP contribution in [0.2, 0.25) is 9.36 Å². The van der Waals surface area contributed by atoms with Gasteiger partial charge in [0.2, 0.25) is 0 Å². The predicted octanol–water partition coefficient (Wildman–Crippen LogP) is 4.02. The van der Waals surface area contributed by atoms with Crippen LogP contribution in [0.25, 0.3) is 11.3 Å². The maximum Gasteiger partial charge on any atom is 0.186 e. The van der Waals surface area contributed by atoms with Crippen molar-refractivity contribution in [3.05, 3.63) is 20.1 Å². The van der Waals surface area contributed by atoms with Crippen molar-refractivity contribution < 1.29 is 4.74 Å². The Bertz CT molecular complexity index is 549. The van der Waals surface area contributed by atoms with Crippen LogP contribution in [-0.2, 0) is 4.74 Å². The standard InChI is InChI=1S/C11H10Cl2N2OS2/c12-9-7(5-17-10(9)13)8-6-18-11(14-8)15-1-3-16-4-2-15/h5-6H,1-4H2. The second-order valence-electron chi connectivity index (χ2n) is 3.85. The van der Waals surface area contributed by atoms with Gasteiger partial charge in [0.15, 0.2) is 5.13 Å². The molecule has 1 saturated heterocycles. The summed E-state index contributed by atoms with van der Waals surface area (Å²) in [5.74, 6) is 0. The maximum absolute atomic E-state index is 6.15. The van der Waals surface area contributed by atoms with Gasteiger partial charge in [-0.15, -0.1) is 22.7 Å². The van der Waals surface area contributed by atoms with Gasteiger partial charge in [-0.1, -0.05) is 23.2 Å². The van der Waals surface area contributed by atoms with Crippen LogP contribution in [-0.4, -0.2) is 31.3 Å². The first-order chi connectivity index (χ1) is 8.75. The number of anilines is 1. The van der Waals surface area contributed by atoms with Crippen molar-refractivity contribution in [2.45, 2.75) is 0 Å². The van der Waals surface area contributed by atoms with Crippen LogP contribution in [0.3, 0.4) is 0 Å². The summed E-state index contributed by atoms with van der Waals surface area (Å²) in [6, 6.07) is 0. The number of aromatic nitrogens is 1. The zero-order valence-electron chi connectivity index (χ0n) is 9.36. The van der Waals surface area contributed by atoms with Crippen molar-refractivity contribution in [1.82, 2.24) is 4.98 Å². The van der Waals surface area contributed by atoms with Crippen molar-refractivity contribution in [2.75, 3.05) is 31.2 Å². The SMILES string of the molecule is Clc1scc(-c2csc(N3CCOCC3)n2)c1Cl. The highest BCUT2D eigenvalue weighted by molar-refractivity contribution is 7.16. The van der Waals surface area contributed by atoms with E-state index in [0.29, 0.717) is 9.36 Å². The molecule has 0 atom stereocenters. The molecule has 0 spiro atoms. The highest BCUT2D eigenvalue weighted by Gasteiger charge is 2.17. The summed E-state index contributed by atoms with van der Waals surface area (Å²) in [5, 5.41) is 5.59. The van der Waals surface area contributed by atoms with Gasteiger partial charge in [-0.3, -0.25) is 0 Å². The topological polar surface area (TPSA) is 25.4 Å². The van der Waals surface area contributed by atoms with Gasteiger partial charge >= 0.3 is 0 Å². The van der Waals surface area contributed by atoms with Crippen LogP contribution < -0.4 is 4.90 Å². The zero-order chi connectivity index (χ0) is 12.5. The summed E-state index contributed by atoms with van der Waals surface area (Å²) < 4.78 is 5.95. The largest absolute Gasteiger partial charge is 0.378 e. The number of rotatable bonds is 2. The summed E-state index contributed by atoms with van der Waals surface area (Å²) in [7, 11) is 0. The molecule has 1 aliphatic heterocycles. The van der Waals surface area contributed by atoms with Crippen molar-refractivity contribution >= 4 is 51.0 Å². The molecule has 0 aliphatic carbocycles. The van der Waals surface area contributed by atoms with Crippen LogP contribution in [0.4, 0.5) is 5.13 Å². The van der Waals surface area contributed by atoms with E-state index in [1.165, 1.54) is 11.3 Å². The second kappa shape index (κ2) is 5.35. The summed E-state index contributed by atoms with van der Waals surface area (Å²) >= 11 is 15.2. The van der Waals surface area contributed by atoms with Crippen molar-refractivity contribution in [1.29, 1.82) is 0 Å². The fraction of sp³-hybridized carbons (Fsp3) is 0.364. The zero-order valence-corrected chi connectivity index (χ0v) is 12.5. The third-order valence-electron chi connectivity index (χ3n) is 2.74. The molecule has 3 nitrogen and oxygen atoms in total. The minimum Gasteiger partial charge on any atom is -0.378 e. The Labute approximate surface area is 123 Å². The first kappa shape index (κ1) is 12.7. The lowest BCUT2D eigenvalue weighted by molar-refractivity contribution is 0.122. The molecule has 7 heteroatoms. The molecule has 1 fully saturated rings. The first-order valence-electron chi connectivity index (χ1n) is 5.47. The normalized spacial score (nSPS) is 16.2. The molecule has 0 bridgehead atoms. The van der Waals surface area contributed by atoms with E-state index in [-0.39, 0.29) is 0 Å². The number of hydrogen-bond donors (Lipinski definition) is 0. The number of thiazole rings is 1. The van der Waals surface area contributed by atoms with Gasteiger partial charge in [0, 0.05) is 29.4 Å². The lowest BCUT2D eigenvalue weighted by atomic mass is 10.3. The lowest BCUT2D eigenvalue weighted by Gasteiger charge is -2.25. The fourth-order valence-electron chi connectivity index (χ4n) is 1.78. The van der Waals surface area contributed by atoms with E-state index in [1.54, 1.807) is 11.3 Å². The van der Waals surface area contributed by atoms with Crippen LogP contribution in [0, 0.1) is 0 Å². The molecule has 0 aromatic carbocycles. The minimum atomic E-state index is 0.598. The Balaban J connectivity index is 1.87. The molecule has 0 amide bonds. The van der Waals surface area contributed by atoms with Gasteiger partial charge in [0.25, 0.3) is 0 Å². The number of morpholine rings is 1. The average molecular weight is 321 g/mol. The highest BCUT2D eigenvalue weighted by atomic mass is 35.5. The molecule has 0 saturated carbocycles. The Hall–Kier alpha value is -0.330. The highest BCUT2D eigenvalue weighted by Crippen LogP contribution is 2.40. The average Bonchev–Trinajstić information content (AvgIpc) is 3.00. The molecule has 1 aliphatic rings. The summed E-state index contributed by atoms with van der Waals surface area (Å²) in [5.41, 5.74) is 1.82. The van der Waals surface area contributed by atoms with E-state index in [2.05, 4.69) is 9.88 Å². The van der Waals surface area contributed by atoms with Gasteiger partial charge < -0.3 is 9.64 Å². The van der Waals surface area contributed by atoms with Gasteiger partial charge in [-0.25, -0.2) is 4.98 Å². The van der Waals surface area contributed by atoms with E-state index in [4.69, 9.17) is 27.9 Å². The van der Waals surface area contributed by atoms with E-state index >= 15 is 0 Å². The van der Waals surface area contributed by atoms with Gasteiger partial charge in [0.05, 0.1) is 23.9 Å². The van der Waals surface area contributed by atoms with Crippen LogP contribution in [0.5, 0.6) is 0 Å². The second-order valence-corrected chi connectivity index (χ2v) is 6.55. The van der Waals surface area contributed by atoms with E-state index in [0.717, 1.165) is 42.7 Å². The summed E-state index contributed by atoms with van der Waals surface area (Å²) in [6.07, 6.45) is 0. The molecule has 0 unspecified atom stereocenters. The molecule has 96 valence electrons. The lowest BCUT2D eigenvalue weighted by Crippen LogP contribution is -2.36. The first-order valence-corrected chi connectivity index (χ1v) is 7.98. The summed E-state index contributed by atoms with van der Waals surface area (Å²) in [6.45, 7) is 3.32. The molecule has 0 N–H and O–H groups in total. The van der Waals surface area contributed by atoms with Crippen molar-refractivity contribution in [2.24, 2.45) is 0 Å². The quantitative estimate of drug-likeness (QED) is 0.835. The Morgan fingerprint density at radius 2 is 1.94 bits per heavy atom. The Morgan fingerprint density at radius 3 is 2.61 bits per heavy atom. The summed E-state index contributed by atoms with van der Waals surface area (Å²) in [4.78, 5) is 6.87. The number of hydrogen-bond acceptors (Lipinski definition) is 5. The smallest absolute Gasteiger partial charge is 0.186 e.